The maximum Gasteiger partial charge on any atom is 0.0510 e. The molecule has 20 heavy (non-hydrogen) atoms. The molecule has 0 fully saturated rings. The van der Waals surface area contributed by atoms with Gasteiger partial charge in [-0.05, 0) is 48.4 Å². The second-order valence-electron chi connectivity index (χ2n) is 5.68. The van der Waals surface area contributed by atoms with Gasteiger partial charge in [-0.25, -0.2) is 0 Å². The Balaban J connectivity index is 1.98. The first-order chi connectivity index (χ1) is 9.79. The van der Waals surface area contributed by atoms with Crippen molar-refractivity contribution in [2.24, 2.45) is 5.73 Å². The summed E-state index contributed by atoms with van der Waals surface area (Å²) in [7, 11) is 0. The zero-order valence-corrected chi connectivity index (χ0v) is 12.0. The van der Waals surface area contributed by atoms with Crippen molar-refractivity contribution in [3.8, 4) is 0 Å². The molecule has 1 heterocycles. The van der Waals surface area contributed by atoms with Gasteiger partial charge in [0.15, 0.2) is 0 Å². The van der Waals surface area contributed by atoms with Crippen molar-refractivity contribution >= 4 is 0 Å². The van der Waals surface area contributed by atoms with E-state index in [2.05, 4.69) is 42.2 Å². The summed E-state index contributed by atoms with van der Waals surface area (Å²) in [5, 5.41) is 0. The van der Waals surface area contributed by atoms with Crippen LogP contribution in [0.2, 0.25) is 0 Å². The molecule has 0 spiro atoms. The summed E-state index contributed by atoms with van der Waals surface area (Å²) in [5.74, 6) is 0.434. The van der Waals surface area contributed by atoms with Crippen LogP contribution < -0.4 is 5.73 Å². The fraction of sp³-hybridized carbons (Fsp3) is 0.389. The lowest BCUT2D eigenvalue weighted by molar-refractivity contribution is 0.596. The average Bonchev–Trinajstić information content (AvgIpc) is 2.53. The third kappa shape index (κ3) is 2.48. The highest BCUT2D eigenvalue weighted by molar-refractivity contribution is 5.37. The van der Waals surface area contributed by atoms with E-state index in [4.69, 9.17) is 5.73 Å². The number of rotatable bonds is 3. The first kappa shape index (κ1) is 13.3. The summed E-state index contributed by atoms with van der Waals surface area (Å²) in [4.78, 5) is 4.64. The Hall–Kier alpha value is -1.67. The molecule has 1 aliphatic rings. The van der Waals surface area contributed by atoms with Gasteiger partial charge in [0.2, 0.25) is 0 Å². The zero-order chi connectivity index (χ0) is 13.9. The number of aryl methyl sites for hydroxylation is 1. The highest BCUT2D eigenvalue weighted by Crippen LogP contribution is 2.35. The van der Waals surface area contributed by atoms with E-state index in [0.29, 0.717) is 5.92 Å². The SMILES string of the molecule is CCC(N)c1cccc(C2CCCc3cccnc32)c1. The number of hydrogen-bond acceptors (Lipinski definition) is 2. The van der Waals surface area contributed by atoms with Crippen molar-refractivity contribution in [1.29, 1.82) is 0 Å². The van der Waals surface area contributed by atoms with E-state index in [-0.39, 0.29) is 6.04 Å². The van der Waals surface area contributed by atoms with E-state index in [1.807, 2.05) is 12.3 Å². The fourth-order valence-electron chi connectivity index (χ4n) is 3.18. The molecule has 2 nitrogen and oxygen atoms in total. The molecule has 2 heteroatoms. The number of benzene rings is 1. The minimum atomic E-state index is 0.141. The van der Waals surface area contributed by atoms with Crippen molar-refractivity contribution < 1.29 is 0 Å². The monoisotopic (exact) mass is 266 g/mol. The van der Waals surface area contributed by atoms with Crippen molar-refractivity contribution in [3.05, 3.63) is 65.0 Å². The van der Waals surface area contributed by atoms with Gasteiger partial charge in [-0.15, -0.1) is 0 Å². The third-order valence-corrected chi connectivity index (χ3v) is 4.38. The summed E-state index contributed by atoms with van der Waals surface area (Å²) in [5.41, 5.74) is 11.5. The topological polar surface area (TPSA) is 38.9 Å². The largest absolute Gasteiger partial charge is 0.324 e. The number of hydrogen-bond donors (Lipinski definition) is 1. The van der Waals surface area contributed by atoms with E-state index in [1.54, 1.807) is 0 Å². The highest BCUT2D eigenvalue weighted by atomic mass is 14.7. The van der Waals surface area contributed by atoms with Gasteiger partial charge in [0.1, 0.15) is 0 Å². The van der Waals surface area contributed by atoms with Gasteiger partial charge in [-0.1, -0.05) is 37.3 Å². The van der Waals surface area contributed by atoms with E-state index in [1.165, 1.54) is 35.2 Å². The van der Waals surface area contributed by atoms with Crippen LogP contribution in [0.5, 0.6) is 0 Å². The summed E-state index contributed by atoms with van der Waals surface area (Å²) in [6.45, 7) is 2.13. The Morgan fingerprint density at radius 1 is 1.30 bits per heavy atom. The molecule has 0 amide bonds. The molecule has 2 aromatic rings. The van der Waals surface area contributed by atoms with Crippen LogP contribution in [0.4, 0.5) is 0 Å². The molecule has 0 saturated heterocycles. The molecule has 2 unspecified atom stereocenters. The Morgan fingerprint density at radius 3 is 3.05 bits per heavy atom. The van der Waals surface area contributed by atoms with Gasteiger partial charge in [-0.2, -0.15) is 0 Å². The molecule has 1 aromatic heterocycles. The second kappa shape index (κ2) is 5.76. The van der Waals surface area contributed by atoms with Gasteiger partial charge in [0.25, 0.3) is 0 Å². The average molecular weight is 266 g/mol. The number of nitrogens with zero attached hydrogens (tertiary/aromatic N) is 1. The highest BCUT2D eigenvalue weighted by Gasteiger charge is 2.23. The quantitative estimate of drug-likeness (QED) is 0.913. The van der Waals surface area contributed by atoms with E-state index < -0.39 is 0 Å². The summed E-state index contributed by atoms with van der Waals surface area (Å²) in [6, 6.07) is 13.2. The van der Waals surface area contributed by atoms with Crippen LogP contribution >= 0.6 is 0 Å². The van der Waals surface area contributed by atoms with Gasteiger partial charge in [0, 0.05) is 18.2 Å². The summed E-state index contributed by atoms with van der Waals surface area (Å²) >= 11 is 0. The predicted octanol–water partition coefficient (Wildman–Crippen LogP) is 3.96. The molecule has 0 aliphatic heterocycles. The Bertz CT molecular complexity index is 591. The maximum absolute atomic E-state index is 6.17. The lowest BCUT2D eigenvalue weighted by atomic mass is 9.81. The molecule has 3 rings (SSSR count). The lowest BCUT2D eigenvalue weighted by Crippen LogP contribution is -2.14. The van der Waals surface area contributed by atoms with Crippen LogP contribution in [0, 0.1) is 0 Å². The maximum atomic E-state index is 6.17. The fourth-order valence-corrected chi connectivity index (χ4v) is 3.18. The number of nitrogens with two attached hydrogens (primary N) is 1. The van der Waals surface area contributed by atoms with Crippen molar-refractivity contribution in [3.63, 3.8) is 0 Å². The normalized spacial score (nSPS) is 19.4. The van der Waals surface area contributed by atoms with Gasteiger partial charge >= 0.3 is 0 Å². The van der Waals surface area contributed by atoms with Crippen LogP contribution in [0.15, 0.2) is 42.6 Å². The van der Waals surface area contributed by atoms with Crippen LogP contribution in [0.25, 0.3) is 0 Å². The molecule has 0 bridgehead atoms. The summed E-state index contributed by atoms with van der Waals surface area (Å²) in [6.07, 6.45) is 6.48. The molecular formula is C18H22N2. The lowest BCUT2D eigenvalue weighted by Gasteiger charge is -2.25. The van der Waals surface area contributed by atoms with Crippen molar-refractivity contribution in [2.45, 2.75) is 44.6 Å². The molecule has 0 radical (unpaired) electrons. The van der Waals surface area contributed by atoms with Gasteiger partial charge < -0.3 is 5.73 Å². The van der Waals surface area contributed by atoms with Crippen LogP contribution in [0.1, 0.15) is 60.5 Å². The molecule has 0 saturated carbocycles. The number of pyridine rings is 1. The predicted molar refractivity (Wildman–Crippen MR) is 82.7 cm³/mol. The van der Waals surface area contributed by atoms with E-state index in [0.717, 1.165) is 12.8 Å². The van der Waals surface area contributed by atoms with Gasteiger partial charge in [-0.3, -0.25) is 4.98 Å². The Labute approximate surface area is 121 Å². The molecule has 104 valence electrons. The van der Waals surface area contributed by atoms with Crippen LogP contribution in [-0.2, 0) is 6.42 Å². The van der Waals surface area contributed by atoms with Crippen LogP contribution in [-0.4, -0.2) is 4.98 Å². The van der Waals surface area contributed by atoms with Crippen molar-refractivity contribution in [1.82, 2.24) is 4.98 Å². The number of fused-ring (bicyclic) bond motifs is 1. The van der Waals surface area contributed by atoms with E-state index in [9.17, 15) is 0 Å². The Kier molecular flexibility index (Phi) is 3.83. The minimum absolute atomic E-state index is 0.141. The summed E-state index contributed by atoms with van der Waals surface area (Å²) < 4.78 is 0. The van der Waals surface area contributed by atoms with Gasteiger partial charge in [0.05, 0.1) is 5.69 Å². The zero-order valence-electron chi connectivity index (χ0n) is 12.0. The third-order valence-electron chi connectivity index (χ3n) is 4.38. The number of aromatic nitrogens is 1. The smallest absolute Gasteiger partial charge is 0.0510 e. The molecule has 2 N–H and O–H groups in total. The molecule has 1 aromatic carbocycles. The minimum Gasteiger partial charge on any atom is -0.324 e. The molecule has 2 atom stereocenters. The molecular weight excluding hydrogens is 244 g/mol. The molecule has 1 aliphatic carbocycles. The standard InChI is InChI=1S/C18H22N2/c1-2-17(19)15-8-3-7-14(12-15)16-10-4-6-13-9-5-11-20-18(13)16/h3,5,7-9,11-12,16-17H,2,4,6,10,19H2,1H3. The first-order valence-electron chi connectivity index (χ1n) is 7.59. The Morgan fingerprint density at radius 2 is 2.20 bits per heavy atom. The van der Waals surface area contributed by atoms with Crippen LogP contribution in [0.3, 0.4) is 0 Å². The second-order valence-corrected chi connectivity index (χ2v) is 5.68. The first-order valence-corrected chi connectivity index (χ1v) is 7.59. The van der Waals surface area contributed by atoms with Crippen molar-refractivity contribution in [2.75, 3.05) is 0 Å². The van der Waals surface area contributed by atoms with E-state index >= 15 is 0 Å².